The highest BCUT2D eigenvalue weighted by Crippen LogP contribution is 2.38. The van der Waals surface area contributed by atoms with Gasteiger partial charge in [0, 0.05) is 25.0 Å². The molecule has 0 bridgehead atoms. The summed E-state index contributed by atoms with van der Waals surface area (Å²) in [5.41, 5.74) is 6.13. The van der Waals surface area contributed by atoms with E-state index in [1.807, 2.05) is 0 Å². The first kappa shape index (κ1) is 11.4. The summed E-state index contributed by atoms with van der Waals surface area (Å²) in [5.74, 6) is 0.0129. The van der Waals surface area contributed by atoms with Crippen molar-refractivity contribution in [2.75, 3.05) is 6.61 Å². The topological polar surface area (TPSA) is 70.8 Å². The fraction of sp³-hybridized carbons (Fsp3) is 0.917. The summed E-state index contributed by atoms with van der Waals surface area (Å²) in [6.45, 7) is 0.772. The number of nitrogens with two attached hydrogens (primary N) is 1. The maximum atomic E-state index is 11.2. The summed E-state index contributed by atoms with van der Waals surface area (Å²) in [5, 5.41) is 0. The van der Waals surface area contributed by atoms with Crippen LogP contribution in [0, 0.1) is 5.92 Å². The van der Waals surface area contributed by atoms with E-state index >= 15 is 0 Å². The zero-order valence-corrected chi connectivity index (χ0v) is 9.84. The zero-order chi connectivity index (χ0) is 11.8. The molecule has 1 saturated carbocycles. The Morgan fingerprint density at radius 2 is 2.24 bits per heavy atom. The van der Waals surface area contributed by atoms with E-state index in [4.69, 9.17) is 19.9 Å². The Morgan fingerprint density at radius 3 is 2.94 bits per heavy atom. The Labute approximate surface area is 101 Å². The first-order valence-electron chi connectivity index (χ1n) is 6.46. The van der Waals surface area contributed by atoms with E-state index in [9.17, 15) is 4.79 Å². The van der Waals surface area contributed by atoms with E-state index in [0.717, 1.165) is 32.3 Å². The summed E-state index contributed by atoms with van der Waals surface area (Å²) < 4.78 is 16.7. The van der Waals surface area contributed by atoms with Gasteiger partial charge in [-0.25, -0.2) is 0 Å². The van der Waals surface area contributed by atoms with E-state index in [1.54, 1.807) is 0 Å². The Balaban J connectivity index is 1.57. The molecule has 0 aromatic carbocycles. The van der Waals surface area contributed by atoms with Crippen molar-refractivity contribution in [2.45, 2.75) is 56.6 Å². The van der Waals surface area contributed by atoms with Gasteiger partial charge in [-0.1, -0.05) is 0 Å². The van der Waals surface area contributed by atoms with Crippen LogP contribution in [0.3, 0.4) is 0 Å². The third kappa shape index (κ3) is 2.19. The average molecular weight is 241 g/mol. The molecule has 5 nitrogen and oxygen atoms in total. The summed E-state index contributed by atoms with van der Waals surface area (Å²) in [4.78, 5) is 11.2. The van der Waals surface area contributed by atoms with Crippen LogP contribution in [0.15, 0.2) is 0 Å². The van der Waals surface area contributed by atoms with Crippen LogP contribution >= 0.6 is 0 Å². The first-order valence-corrected chi connectivity index (χ1v) is 6.46. The van der Waals surface area contributed by atoms with E-state index in [2.05, 4.69) is 0 Å². The maximum absolute atomic E-state index is 11.2. The smallest absolute Gasteiger partial charge is 0.306 e. The zero-order valence-electron chi connectivity index (χ0n) is 9.84. The van der Waals surface area contributed by atoms with E-state index in [1.165, 1.54) is 0 Å². The van der Waals surface area contributed by atoms with Gasteiger partial charge in [0.1, 0.15) is 6.10 Å². The normalized spacial score (nSPS) is 45.7. The van der Waals surface area contributed by atoms with Crippen LogP contribution in [0.25, 0.3) is 0 Å². The predicted molar refractivity (Wildman–Crippen MR) is 59.0 cm³/mol. The third-order valence-corrected chi connectivity index (χ3v) is 4.02. The maximum Gasteiger partial charge on any atom is 0.306 e. The lowest BCUT2D eigenvalue weighted by Gasteiger charge is -2.28. The predicted octanol–water partition coefficient (Wildman–Crippen LogP) is 0.561. The Kier molecular flexibility index (Phi) is 3.06. The highest BCUT2D eigenvalue weighted by molar-refractivity contribution is 5.72. The SMILES string of the molecule is N[C@H]1[C@@H]2CC(=O)O[C@@H]2C[C@@H]1OC1CCCCO1. The van der Waals surface area contributed by atoms with Crippen molar-refractivity contribution in [2.24, 2.45) is 11.7 Å². The largest absolute Gasteiger partial charge is 0.462 e. The van der Waals surface area contributed by atoms with Crippen LogP contribution in [0.4, 0.5) is 0 Å². The number of hydrogen-bond donors (Lipinski definition) is 1. The number of hydrogen-bond acceptors (Lipinski definition) is 5. The van der Waals surface area contributed by atoms with Gasteiger partial charge in [-0.3, -0.25) is 4.79 Å². The van der Waals surface area contributed by atoms with Gasteiger partial charge in [0.25, 0.3) is 0 Å². The van der Waals surface area contributed by atoms with Crippen molar-refractivity contribution in [1.29, 1.82) is 0 Å². The fourth-order valence-corrected chi connectivity index (χ4v) is 3.06. The van der Waals surface area contributed by atoms with Crippen molar-refractivity contribution in [3.05, 3.63) is 0 Å². The molecule has 0 spiro atoms. The van der Waals surface area contributed by atoms with Gasteiger partial charge in [0.2, 0.25) is 0 Å². The first-order chi connectivity index (χ1) is 8.24. The lowest BCUT2D eigenvalue weighted by molar-refractivity contribution is -0.191. The van der Waals surface area contributed by atoms with Crippen LogP contribution in [-0.4, -0.2) is 37.1 Å². The van der Waals surface area contributed by atoms with Gasteiger partial charge in [-0.15, -0.1) is 0 Å². The Bertz CT molecular complexity index is 303. The van der Waals surface area contributed by atoms with Crippen molar-refractivity contribution < 1.29 is 19.0 Å². The Hall–Kier alpha value is -0.650. The summed E-state index contributed by atoms with van der Waals surface area (Å²) in [6.07, 6.45) is 4.18. The molecule has 5 heteroatoms. The molecule has 2 saturated heterocycles. The molecule has 17 heavy (non-hydrogen) atoms. The standard InChI is InChI=1S/C12H19NO4/c13-12-7-5-10(14)16-8(7)6-9(12)17-11-3-1-2-4-15-11/h7-9,11-12H,1-6,13H2/t7-,8-,9+,11?,12+/m1/s1. The van der Waals surface area contributed by atoms with Crippen LogP contribution < -0.4 is 5.73 Å². The van der Waals surface area contributed by atoms with Crippen molar-refractivity contribution in [3.8, 4) is 0 Å². The molecule has 0 amide bonds. The summed E-state index contributed by atoms with van der Waals surface area (Å²) in [7, 11) is 0. The molecule has 1 aliphatic carbocycles. The van der Waals surface area contributed by atoms with Gasteiger partial charge in [0.05, 0.1) is 12.5 Å². The fourth-order valence-electron chi connectivity index (χ4n) is 3.06. The molecule has 0 aromatic rings. The summed E-state index contributed by atoms with van der Waals surface area (Å²) in [6, 6.07) is -0.100. The second-order valence-electron chi connectivity index (χ2n) is 5.18. The average Bonchev–Trinajstić information content (AvgIpc) is 2.81. The van der Waals surface area contributed by atoms with Gasteiger partial charge < -0.3 is 19.9 Å². The van der Waals surface area contributed by atoms with Gasteiger partial charge >= 0.3 is 5.97 Å². The van der Waals surface area contributed by atoms with Crippen molar-refractivity contribution in [3.63, 3.8) is 0 Å². The molecule has 96 valence electrons. The number of ether oxygens (including phenoxy) is 3. The quantitative estimate of drug-likeness (QED) is 0.715. The van der Waals surface area contributed by atoms with E-state index < -0.39 is 0 Å². The second-order valence-corrected chi connectivity index (χ2v) is 5.18. The molecule has 0 radical (unpaired) electrons. The van der Waals surface area contributed by atoms with Crippen LogP contribution in [0.5, 0.6) is 0 Å². The lowest BCUT2D eigenvalue weighted by atomic mass is 10.0. The number of rotatable bonds is 2. The minimum absolute atomic E-state index is 0.0267. The van der Waals surface area contributed by atoms with Gasteiger partial charge in [0.15, 0.2) is 6.29 Å². The van der Waals surface area contributed by atoms with Crippen molar-refractivity contribution in [1.82, 2.24) is 0 Å². The molecule has 0 aromatic heterocycles. The lowest BCUT2D eigenvalue weighted by Crippen LogP contribution is -2.40. The van der Waals surface area contributed by atoms with Crippen LogP contribution in [0.2, 0.25) is 0 Å². The Morgan fingerprint density at radius 1 is 1.35 bits per heavy atom. The van der Waals surface area contributed by atoms with Crippen LogP contribution in [0.1, 0.15) is 32.1 Å². The molecule has 3 fully saturated rings. The molecular weight excluding hydrogens is 222 g/mol. The van der Waals surface area contributed by atoms with E-state index in [-0.39, 0.29) is 36.4 Å². The third-order valence-electron chi connectivity index (χ3n) is 4.02. The molecule has 1 unspecified atom stereocenters. The molecule has 3 rings (SSSR count). The molecule has 2 N–H and O–H groups in total. The molecule has 3 aliphatic rings. The number of carbonyl (C=O) groups is 1. The monoisotopic (exact) mass is 241 g/mol. The molecule has 5 atom stereocenters. The molecule has 2 heterocycles. The van der Waals surface area contributed by atoms with E-state index in [0.29, 0.717) is 6.42 Å². The molecular formula is C12H19NO4. The summed E-state index contributed by atoms with van der Waals surface area (Å²) >= 11 is 0. The number of fused-ring (bicyclic) bond motifs is 1. The number of carbonyl (C=O) groups excluding carboxylic acids is 1. The van der Waals surface area contributed by atoms with Gasteiger partial charge in [-0.2, -0.15) is 0 Å². The minimum atomic E-state index is -0.122. The minimum Gasteiger partial charge on any atom is -0.462 e. The molecule has 2 aliphatic heterocycles. The highest BCUT2D eigenvalue weighted by Gasteiger charge is 2.49. The number of esters is 1. The second kappa shape index (κ2) is 4.55. The van der Waals surface area contributed by atoms with Crippen LogP contribution in [-0.2, 0) is 19.0 Å². The van der Waals surface area contributed by atoms with Crippen molar-refractivity contribution >= 4 is 5.97 Å². The highest BCUT2D eigenvalue weighted by atomic mass is 16.7. The van der Waals surface area contributed by atoms with Gasteiger partial charge in [-0.05, 0) is 19.3 Å².